The van der Waals surface area contributed by atoms with Gasteiger partial charge in [0.25, 0.3) is 5.69 Å². The third-order valence-corrected chi connectivity index (χ3v) is 6.60. The van der Waals surface area contributed by atoms with Crippen molar-refractivity contribution in [1.82, 2.24) is 4.90 Å². The number of para-hydroxylation sites is 2. The Labute approximate surface area is 239 Å². The lowest BCUT2D eigenvalue weighted by Gasteiger charge is -2.23. The molecule has 0 aliphatic carbocycles. The van der Waals surface area contributed by atoms with Gasteiger partial charge in [-0.1, -0.05) is 24.3 Å². The molecule has 2 heterocycles. The fourth-order valence-corrected chi connectivity index (χ4v) is 4.84. The predicted octanol–water partition coefficient (Wildman–Crippen LogP) is 6.35. The van der Waals surface area contributed by atoms with Crippen LogP contribution in [0, 0.1) is 10.1 Å². The molecule has 5 rings (SSSR count). The molecule has 3 aromatic carbocycles. The zero-order chi connectivity index (χ0) is 29.0. The Kier molecular flexibility index (Phi) is 8.12. The Hall–Kier alpha value is -4.18. The molecule has 0 saturated carbocycles. The molecule has 10 nitrogen and oxygen atoms in total. The Morgan fingerprint density at radius 3 is 1.68 bits per heavy atom. The van der Waals surface area contributed by atoms with Crippen LogP contribution in [0.25, 0.3) is 0 Å². The van der Waals surface area contributed by atoms with E-state index in [1.54, 1.807) is 24.3 Å². The highest BCUT2D eigenvalue weighted by atomic mass is 16.7. The number of fused-ring (bicyclic) bond motifs is 2. The van der Waals surface area contributed by atoms with Crippen LogP contribution in [0.1, 0.15) is 46.1 Å². The van der Waals surface area contributed by atoms with Crippen molar-refractivity contribution in [3.8, 4) is 34.5 Å². The van der Waals surface area contributed by atoms with Gasteiger partial charge < -0.3 is 28.4 Å². The van der Waals surface area contributed by atoms with E-state index in [4.69, 9.17) is 28.4 Å². The highest BCUT2D eigenvalue weighted by molar-refractivity contribution is 5.54. The van der Waals surface area contributed by atoms with Gasteiger partial charge in [-0.3, -0.25) is 15.0 Å². The number of nitro benzene ring substituents is 1. The standard InChI is InChI=1S/C31H36N2O8/c1-30(2)38-26-11-5-9-24(28(26)40-30)36-19-7-17-32(21-22-13-15-23(16-14-22)33(34)35)18-8-20-37-25-10-6-12-27-29(25)41-31(3,4)39-27/h5-6,9-16H,7-8,17-21H2,1-4H3. The van der Waals surface area contributed by atoms with Crippen LogP contribution in [0.15, 0.2) is 60.7 Å². The van der Waals surface area contributed by atoms with Crippen molar-refractivity contribution in [2.24, 2.45) is 0 Å². The third-order valence-electron chi connectivity index (χ3n) is 6.60. The molecule has 0 atom stereocenters. The Morgan fingerprint density at radius 1 is 0.732 bits per heavy atom. The molecule has 3 aromatic rings. The van der Waals surface area contributed by atoms with E-state index < -0.39 is 11.6 Å². The van der Waals surface area contributed by atoms with E-state index in [-0.39, 0.29) is 10.6 Å². The van der Waals surface area contributed by atoms with E-state index in [0.717, 1.165) is 31.5 Å². The first-order valence-corrected chi connectivity index (χ1v) is 13.8. The lowest BCUT2D eigenvalue weighted by molar-refractivity contribution is -0.384. The summed E-state index contributed by atoms with van der Waals surface area (Å²) >= 11 is 0. The number of benzene rings is 3. The second kappa shape index (κ2) is 11.7. The Balaban J connectivity index is 1.16. The van der Waals surface area contributed by atoms with E-state index in [1.807, 2.05) is 64.1 Å². The lowest BCUT2D eigenvalue weighted by atomic mass is 10.2. The molecule has 0 bridgehead atoms. The molecule has 2 aliphatic heterocycles. The minimum Gasteiger partial charge on any atom is -0.489 e. The van der Waals surface area contributed by atoms with Crippen molar-refractivity contribution in [2.45, 2.75) is 58.7 Å². The maximum Gasteiger partial charge on any atom is 0.269 e. The van der Waals surface area contributed by atoms with Gasteiger partial charge in [-0.25, -0.2) is 0 Å². The summed E-state index contributed by atoms with van der Waals surface area (Å²) in [6.45, 7) is 10.6. The average Bonchev–Trinajstić information content (AvgIpc) is 3.42. The van der Waals surface area contributed by atoms with Gasteiger partial charge in [-0.15, -0.1) is 0 Å². The average molecular weight is 565 g/mol. The second-order valence-corrected chi connectivity index (χ2v) is 11.0. The molecule has 0 radical (unpaired) electrons. The van der Waals surface area contributed by atoms with Crippen LogP contribution in [0.2, 0.25) is 0 Å². The van der Waals surface area contributed by atoms with Gasteiger partial charge in [0.05, 0.1) is 18.1 Å². The summed E-state index contributed by atoms with van der Waals surface area (Å²) < 4.78 is 35.6. The molecule has 2 aliphatic rings. The van der Waals surface area contributed by atoms with Crippen LogP contribution in [0.4, 0.5) is 5.69 Å². The fraction of sp³-hybridized carbons (Fsp3) is 0.419. The van der Waals surface area contributed by atoms with Crippen molar-refractivity contribution < 1.29 is 33.3 Å². The molecule has 0 amide bonds. The number of non-ortho nitro benzene ring substituents is 1. The molecule has 0 spiro atoms. The molecule has 0 aromatic heterocycles. The molecular weight excluding hydrogens is 528 g/mol. The van der Waals surface area contributed by atoms with Gasteiger partial charge in [0.15, 0.2) is 23.0 Å². The molecule has 41 heavy (non-hydrogen) atoms. The monoisotopic (exact) mass is 564 g/mol. The highest BCUT2D eigenvalue weighted by Crippen LogP contribution is 2.46. The molecule has 0 unspecified atom stereocenters. The molecule has 0 N–H and O–H groups in total. The highest BCUT2D eigenvalue weighted by Gasteiger charge is 2.35. The summed E-state index contributed by atoms with van der Waals surface area (Å²) in [5.41, 5.74) is 1.08. The van der Waals surface area contributed by atoms with E-state index in [2.05, 4.69) is 4.90 Å². The van der Waals surface area contributed by atoms with Crippen LogP contribution in [0.3, 0.4) is 0 Å². The van der Waals surface area contributed by atoms with Crippen molar-refractivity contribution in [3.63, 3.8) is 0 Å². The van der Waals surface area contributed by atoms with Gasteiger partial charge in [-0.2, -0.15) is 0 Å². The maximum atomic E-state index is 11.1. The zero-order valence-corrected chi connectivity index (χ0v) is 23.9. The van der Waals surface area contributed by atoms with Crippen molar-refractivity contribution >= 4 is 5.69 Å². The van der Waals surface area contributed by atoms with Gasteiger partial charge in [0.1, 0.15) is 0 Å². The smallest absolute Gasteiger partial charge is 0.269 e. The normalized spacial score (nSPS) is 15.6. The predicted molar refractivity (Wildman–Crippen MR) is 152 cm³/mol. The number of nitrogens with zero attached hydrogens (tertiary/aromatic N) is 2. The van der Waals surface area contributed by atoms with Crippen molar-refractivity contribution in [1.29, 1.82) is 0 Å². The number of hydrogen-bond donors (Lipinski definition) is 0. The van der Waals surface area contributed by atoms with E-state index in [9.17, 15) is 10.1 Å². The summed E-state index contributed by atoms with van der Waals surface area (Å²) in [6, 6.07) is 18.0. The molecule has 10 heteroatoms. The summed E-state index contributed by atoms with van der Waals surface area (Å²) in [5, 5.41) is 11.1. The van der Waals surface area contributed by atoms with Crippen LogP contribution in [-0.2, 0) is 6.54 Å². The zero-order valence-electron chi connectivity index (χ0n) is 23.9. The van der Waals surface area contributed by atoms with Crippen LogP contribution >= 0.6 is 0 Å². The Bertz CT molecular complexity index is 1300. The fourth-order valence-electron chi connectivity index (χ4n) is 4.84. The molecule has 0 fully saturated rings. The molecular formula is C31H36N2O8. The number of hydrogen-bond acceptors (Lipinski definition) is 9. The third kappa shape index (κ3) is 7.13. The second-order valence-electron chi connectivity index (χ2n) is 11.0. The lowest BCUT2D eigenvalue weighted by Crippen LogP contribution is -2.30. The van der Waals surface area contributed by atoms with Gasteiger partial charge in [0, 0.05) is 59.5 Å². The van der Waals surface area contributed by atoms with Gasteiger partial charge in [0.2, 0.25) is 23.1 Å². The van der Waals surface area contributed by atoms with Gasteiger partial charge >= 0.3 is 0 Å². The summed E-state index contributed by atoms with van der Waals surface area (Å²) in [4.78, 5) is 13.0. The van der Waals surface area contributed by atoms with Crippen LogP contribution < -0.4 is 28.4 Å². The summed E-state index contributed by atoms with van der Waals surface area (Å²) in [5.74, 6) is 2.49. The van der Waals surface area contributed by atoms with E-state index in [1.165, 1.54) is 0 Å². The molecule has 218 valence electrons. The van der Waals surface area contributed by atoms with E-state index >= 15 is 0 Å². The quantitative estimate of drug-likeness (QED) is 0.133. The van der Waals surface area contributed by atoms with E-state index in [0.29, 0.717) is 54.3 Å². The number of nitro groups is 1. The van der Waals surface area contributed by atoms with Gasteiger partial charge in [-0.05, 0) is 42.7 Å². The number of ether oxygens (including phenoxy) is 6. The Morgan fingerprint density at radius 2 is 1.22 bits per heavy atom. The first kappa shape index (κ1) is 28.4. The molecule has 0 saturated heterocycles. The summed E-state index contributed by atoms with van der Waals surface area (Å²) in [7, 11) is 0. The van der Waals surface area contributed by atoms with Crippen molar-refractivity contribution in [2.75, 3.05) is 26.3 Å². The van der Waals surface area contributed by atoms with Crippen molar-refractivity contribution in [3.05, 3.63) is 76.3 Å². The largest absolute Gasteiger partial charge is 0.489 e. The first-order chi connectivity index (χ1) is 19.6. The number of rotatable bonds is 13. The summed E-state index contributed by atoms with van der Waals surface area (Å²) in [6.07, 6.45) is 1.54. The first-order valence-electron chi connectivity index (χ1n) is 13.8. The minimum atomic E-state index is -0.722. The van der Waals surface area contributed by atoms with Crippen LogP contribution in [-0.4, -0.2) is 47.7 Å². The van der Waals surface area contributed by atoms with Crippen LogP contribution in [0.5, 0.6) is 34.5 Å². The minimum absolute atomic E-state index is 0.0802. The maximum absolute atomic E-state index is 11.1. The topological polar surface area (TPSA) is 102 Å². The SMILES string of the molecule is CC1(C)Oc2cccc(OCCCN(CCCOc3cccc4c3OC(C)(C)O4)Cc3ccc([N+](=O)[O-])cc3)c2O1.